The topological polar surface area (TPSA) is 82.7 Å². The molecular weight excluding hydrogens is 233 g/mol. The molecule has 2 rings (SSSR count). The quantitative estimate of drug-likeness (QED) is 0.656. The number of nitrogens with one attached hydrogen (secondary N) is 1. The molecule has 1 amide bonds. The highest BCUT2D eigenvalue weighted by molar-refractivity contribution is 6.58. The summed E-state index contributed by atoms with van der Waals surface area (Å²) in [5.74, 6) is 0.427. The predicted octanol–water partition coefficient (Wildman–Crippen LogP) is -0.111. The highest BCUT2D eigenvalue weighted by atomic mass is 16.4. The van der Waals surface area contributed by atoms with Crippen molar-refractivity contribution < 1.29 is 19.3 Å². The monoisotopic (exact) mass is 245 g/mol. The summed E-state index contributed by atoms with van der Waals surface area (Å²) in [4.78, 5) is 11.7. The number of hydrogen-bond acceptors (Lipinski definition) is 4. The number of rotatable bonds is 4. The van der Waals surface area contributed by atoms with Crippen molar-refractivity contribution >= 4 is 18.5 Å². The van der Waals surface area contributed by atoms with Crippen LogP contribution in [0.25, 0.3) is 0 Å². The molecule has 18 heavy (non-hydrogen) atoms. The molecule has 0 unspecified atom stereocenters. The SMILES string of the molecule is O=C(NCc1ccco1)c1ccc(B(O)O)cc1. The van der Waals surface area contributed by atoms with Gasteiger partial charge in [-0.25, -0.2) is 0 Å². The lowest BCUT2D eigenvalue weighted by Crippen LogP contribution is -2.30. The van der Waals surface area contributed by atoms with Gasteiger partial charge in [0.1, 0.15) is 5.76 Å². The summed E-state index contributed by atoms with van der Waals surface area (Å²) in [5.41, 5.74) is 0.795. The van der Waals surface area contributed by atoms with Crippen molar-refractivity contribution in [2.75, 3.05) is 0 Å². The van der Waals surface area contributed by atoms with Gasteiger partial charge in [0.25, 0.3) is 5.91 Å². The highest BCUT2D eigenvalue weighted by Crippen LogP contribution is 2.01. The predicted molar refractivity (Wildman–Crippen MR) is 66.1 cm³/mol. The Labute approximate surface area is 104 Å². The molecule has 92 valence electrons. The van der Waals surface area contributed by atoms with Crippen LogP contribution >= 0.6 is 0 Å². The Morgan fingerprint density at radius 3 is 2.50 bits per heavy atom. The summed E-state index contributed by atoms with van der Waals surface area (Å²) in [6, 6.07) is 9.57. The molecule has 6 heteroatoms. The van der Waals surface area contributed by atoms with Crippen LogP contribution in [0, 0.1) is 0 Å². The fourth-order valence-electron chi connectivity index (χ4n) is 1.49. The molecule has 0 bridgehead atoms. The normalized spacial score (nSPS) is 10.1. The van der Waals surface area contributed by atoms with E-state index in [-0.39, 0.29) is 5.91 Å². The van der Waals surface area contributed by atoms with Crippen molar-refractivity contribution in [1.82, 2.24) is 5.32 Å². The summed E-state index contributed by atoms with van der Waals surface area (Å²) < 4.78 is 5.09. The van der Waals surface area contributed by atoms with Gasteiger partial charge in [0, 0.05) is 5.56 Å². The Hall–Kier alpha value is -2.05. The van der Waals surface area contributed by atoms with Gasteiger partial charge in [-0.15, -0.1) is 0 Å². The Morgan fingerprint density at radius 1 is 1.22 bits per heavy atom. The van der Waals surface area contributed by atoms with Crippen LogP contribution in [0.2, 0.25) is 0 Å². The molecule has 3 N–H and O–H groups in total. The number of amides is 1. The van der Waals surface area contributed by atoms with Gasteiger partial charge in [0.2, 0.25) is 0 Å². The number of carbonyl (C=O) groups is 1. The maximum absolute atomic E-state index is 11.7. The lowest BCUT2D eigenvalue weighted by Gasteiger charge is -2.04. The van der Waals surface area contributed by atoms with Gasteiger partial charge < -0.3 is 19.8 Å². The van der Waals surface area contributed by atoms with Crippen LogP contribution in [0.4, 0.5) is 0 Å². The van der Waals surface area contributed by atoms with Crippen molar-refractivity contribution in [2.45, 2.75) is 6.54 Å². The zero-order valence-corrected chi connectivity index (χ0v) is 9.54. The standard InChI is InChI=1S/C12H12BNO4/c15-12(14-8-11-2-1-7-18-11)9-3-5-10(6-4-9)13(16)17/h1-7,16-17H,8H2,(H,14,15). The van der Waals surface area contributed by atoms with E-state index in [1.165, 1.54) is 24.3 Å². The molecule has 0 radical (unpaired) electrons. The molecule has 0 aliphatic carbocycles. The second-order valence-electron chi connectivity index (χ2n) is 3.76. The third kappa shape index (κ3) is 3.00. The van der Waals surface area contributed by atoms with Crippen molar-refractivity contribution in [3.05, 3.63) is 54.0 Å². The average molecular weight is 245 g/mol. The second kappa shape index (κ2) is 5.53. The summed E-state index contributed by atoms with van der Waals surface area (Å²) in [6.07, 6.45) is 1.54. The maximum Gasteiger partial charge on any atom is 0.488 e. The molecule has 2 aromatic rings. The largest absolute Gasteiger partial charge is 0.488 e. The molecule has 0 fully saturated rings. The van der Waals surface area contributed by atoms with Crippen molar-refractivity contribution in [1.29, 1.82) is 0 Å². The first-order chi connectivity index (χ1) is 8.66. The average Bonchev–Trinajstić information content (AvgIpc) is 2.89. The molecule has 0 saturated heterocycles. The second-order valence-corrected chi connectivity index (χ2v) is 3.76. The summed E-state index contributed by atoms with van der Waals surface area (Å²) in [6.45, 7) is 0.316. The minimum absolute atomic E-state index is 0.245. The maximum atomic E-state index is 11.7. The summed E-state index contributed by atoms with van der Waals surface area (Å²) in [5, 5.41) is 20.5. The minimum atomic E-state index is -1.52. The van der Waals surface area contributed by atoms with E-state index in [2.05, 4.69) is 5.32 Å². The highest BCUT2D eigenvalue weighted by Gasteiger charge is 2.12. The van der Waals surface area contributed by atoms with Gasteiger partial charge >= 0.3 is 7.12 Å². The Balaban J connectivity index is 1.96. The number of hydrogen-bond donors (Lipinski definition) is 3. The van der Waals surface area contributed by atoms with Gasteiger partial charge in [-0.1, -0.05) is 12.1 Å². The molecule has 1 aromatic heterocycles. The van der Waals surface area contributed by atoms with Crippen LogP contribution in [0.15, 0.2) is 47.1 Å². The third-order valence-electron chi connectivity index (χ3n) is 2.47. The molecule has 0 aliphatic rings. The van der Waals surface area contributed by atoms with E-state index in [0.717, 1.165) is 0 Å². The smallest absolute Gasteiger partial charge is 0.467 e. The van der Waals surface area contributed by atoms with E-state index in [9.17, 15) is 4.79 Å². The number of carbonyl (C=O) groups excluding carboxylic acids is 1. The van der Waals surface area contributed by atoms with Crippen LogP contribution in [0.5, 0.6) is 0 Å². The Kier molecular flexibility index (Phi) is 3.81. The molecule has 0 saturated carbocycles. The lowest BCUT2D eigenvalue weighted by atomic mass is 9.80. The van der Waals surface area contributed by atoms with E-state index in [1.54, 1.807) is 18.4 Å². The van der Waals surface area contributed by atoms with Crippen LogP contribution < -0.4 is 10.8 Å². The zero-order chi connectivity index (χ0) is 13.0. The molecule has 1 heterocycles. The van der Waals surface area contributed by atoms with Crippen molar-refractivity contribution in [3.63, 3.8) is 0 Å². The fourth-order valence-corrected chi connectivity index (χ4v) is 1.49. The summed E-state index contributed by atoms with van der Waals surface area (Å²) >= 11 is 0. The minimum Gasteiger partial charge on any atom is -0.467 e. The lowest BCUT2D eigenvalue weighted by molar-refractivity contribution is 0.0948. The van der Waals surface area contributed by atoms with Crippen LogP contribution in [0.1, 0.15) is 16.1 Å². The van der Waals surface area contributed by atoms with E-state index >= 15 is 0 Å². The van der Waals surface area contributed by atoms with Gasteiger partial charge in [-0.3, -0.25) is 4.79 Å². The Morgan fingerprint density at radius 2 is 1.94 bits per heavy atom. The number of benzene rings is 1. The van der Waals surface area contributed by atoms with Crippen LogP contribution in [0.3, 0.4) is 0 Å². The third-order valence-corrected chi connectivity index (χ3v) is 2.47. The van der Waals surface area contributed by atoms with Crippen LogP contribution in [-0.4, -0.2) is 23.1 Å². The molecular formula is C12H12BNO4. The first kappa shape index (κ1) is 12.4. The van der Waals surface area contributed by atoms with Crippen molar-refractivity contribution in [3.8, 4) is 0 Å². The van der Waals surface area contributed by atoms with E-state index in [0.29, 0.717) is 23.3 Å². The van der Waals surface area contributed by atoms with Crippen LogP contribution in [-0.2, 0) is 6.54 Å². The van der Waals surface area contributed by atoms with Crippen molar-refractivity contribution in [2.24, 2.45) is 0 Å². The van der Waals surface area contributed by atoms with Gasteiger partial charge in [0.15, 0.2) is 0 Å². The van der Waals surface area contributed by atoms with E-state index in [1.807, 2.05) is 0 Å². The molecule has 5 nitrogen and oxygen atoms in total. The zero-order valence-electron chi connectivity index (χ0n) is 9.54. The Bertz CT molecular complexity index is 507. The molecule has 0 aliphatic heterocycles. The fraction of sp³-hybridized carbons (Fsp3) is 0.0833. The van der Waals surface area contributed by atoms with Gasteiger partial charge in [-0.2, -0.15) is 0 Å². The van der Waals surface area contributed by atoms with Gasteiger partial charge in [-0.05, 0) is 29.7 Å². The first-order valence-electron chi connectivity index (χ1n) is 5.43. The first-order valence-corrected chi connectivity index (χ1v) is 5.43. The van der Waals surface area contributed by atoms with Gasteiger partial charge in [0.05, 0.1) is 12.8 Å². The molecule has 1 aromatic carbocycles. The van der Waals surface area contributed by atoms with E-state index < -0.39 is 7.12 Å². The number of furan rings is 1. The summed E-state index contributed by atoms with van der Waals surface area (Å²) in [7, 11) is -1.52. The van der Waals surface area contributed by atoms with E-state index in [4.69, 9.17) is 14.5 Å². The molecule has 0 atom stereocenters. The molecule has 0 spiro atoms.